The maximum atomic E-state index is 11.3. The number of nitrogens with two attached hydrogens (primary N) is 1. The van der Waals surface area contributed by atoms with Crippen molar-refractivity contribution in [1.29, 1.82) is 0 Å². The second-order valence-corrected chi connectivity index (χ2v) is 6.23. The number of anilines is 1. The van der Waals surface area contributed by atoms with Crippen LogP contribution in [0.25, 0.3) is 0 Å². The first-order chi connectivity index (χ1) is 7.96. The molecule has 0 bridgehead atoms. The maximum absolute atomic E-state index is 11.3. The van der Waals surface area contributed by atoms with Gasteiger partial charge in [-0.3, -0.25) is 0 Å². The van der Waals surface area contributed by atoms with Gasteiger partial charge in [0.15, 0.2) is 15.7 Å². The second kappa shape index (κ2) is 5.87. The summed E-state index contributed by atoms with van der Waals surface area (Å²) >= 11 is 4.85. The molecule has 1 rings (SSSR count). The van der Waals surface area contributed by atoms with Gasteiger partial charge in [0.2, 0.25) is 0 Å². The first-order valence-electron chi connectivity index (χ1n) is 5.02. The van der Waals surface area contributed by atoms with Crippen molar-refractivity contribution in [3.05, 3.63) is 17.8 Å². The van der Waals surface area contributed by atoms with Crippen LogP contribution in [0.2, 0.25) is 0 Å². The molecule has 1 aromatic rings. The molecule has 0 aromatic carbocycles. The molecule has 0 fully saturated rings. The third-order valence-corrected chi connectivity index (χ3v) is 4.06. The molecule has 0 saturated carbocycles. The highest BCUT2D eigenvalue weighted by atomic mass is 32.2. The molecule has 1 aromatic heterocycles. The van der Waals surface area contributed by atoms with Crippen LogP contribution < -0.4 is 11.1 Å². The summed E-state index contributed by atoms with van der Waals surface area (Å²) in [5.41, 5.74) is 6.06. The Kier molecular flexibility index (Phi) is 4.76. The largest absolute Gasteiger partial charge is 0.389 e. The molecule has 0 unspecified atom stereocenters. The van der Waals surface area contributed by atoms with Gasteiger partial charge >= 0.3 is 0 Å². The Balaban J connectivity index is 2.67. The van der Waals surface area contributed by atoms with Crippen LogP contribution in [-0.4, -0.2) is 41.7 Å². The molecular formula is C9H14N4O2S2. The summed E-state index contributed by atoms with van der Waals surface area (Å²) in [6.07, 6.45) is 1.47. The van der Waals surface area contributed by atoms with E-state index in [4.69, 9.17) is 18.0 Å². The average Bonchev–Trinajstić information content (AvgIpc) is 2.29. The first kappa shape index (κ1) is 13.8. The van der Waals surface area contributed by atoms with Crippen LogP contribution in [0.1, 0.15) is 12.5 Å². The lowest BCUT2D eigenvalue weighted by Gasteiger charge is -2.08. The monoisotopic (exact) mass is 274 g/mol. The van der Waals surface area contributed by atoms with Gasteiger partial charge < -0.3 is 11.1 Å². The molecule has 1 heterocycles. The van der Waals surface area contributed by atoms with Gasteiger partial charge in [-0.15, -0.1) is 5.10 Å². The van der Waals surface area contributed by atoms with E-state index in [1.807, 2.05) is 0 Å². The van der Waals surface area contributed by atoms with Gasteiger partial charge in [0, 0.05) is 12.3 Å². The fourth-order valence-corrected chi connectivity index (χ4v) is 2.00. The van der Waals surface area contributed by atoms with Crippen molar-refractivity contribution < 1.29 is 8.42 Å². The van der Waals surface area contributed by atoms with Gasteiger partial charge in [0.05, 0.1) is 17.5 Å². The Bertz CT molecular complexity index is 501. The van der Waals surface area contributed by atoms with Crippen molar-refractivity contribution in [2.45, 2.75) is 6.92 Å². The average molecular weight is 274 g/mol. The van der Waals surface area contributed by atoms with Gasteiger partial charge in [0.1, 0.15) is 4.99 Å². The van der Waals surface area contributed by atoms with Crippen molar-refractivity contribution in [3.63, 3.8) is 0 Å². The molecule has 0 spiro atoms. The Hall–Kier alpha value is -1.28. The summed E-state index contributed by atoms with van der Waals surface area (Å²) in [5.74, 6) is 0.569. The van der Waals surface area contributed by atoms with E-state index in [-0.39, 0.29) is 23.0 Å². The summed E-state index contributed by atoms with van der Waals surface area (Å²) in [5, 5.41) is 10.4. The lowest BCUT2D eigenvalue weighted by atomic mass is 10.3. The molecule has 0 aliphatic heterocycles. The first-order valence-corrected chi connectivity index (χ1v) is 7.25. The van der Waals surface area contributed by atoms with Crippen molar-refractivity contribution >= 4 is 32.9 Å². The molecule has 94 valence electrons. The Labute approximate surface area is 106 Å². The normalized spacial score (nSPS) is 11.1. The zero-order valence-corrected chi connectivity index (χ0v) is 11.0. The number of nitrogens with one attached hydrogen (secondary N) is 1. The zero-order chi connectivity index (χ0) is 12.9. The maximum Gasteiger partial charge on any atom is 0.158 e. The minimum atomic E-state index is -3.00. The second-order valence-electron chi connectivity index (χ2n) is 3.32. The number of hydrogen-bond donors (Lipinski definition) is 2. The predicted molar refractivity (Wildman–Crippen MR) is 70.7 cm³/mol. The van der Waals surface area contributed by atoms with E-state index in [0.29, 0.717) is 11.4 Å². The summed E-state index contributed by atoms with van der Waals surface area (Å²) in [4.78, 5) is 0.195. The molecular weight excluding hydrogens is 260 g/mol. The van der Waals surface area contributed by atoms with Gasteiger partial charge in [-0.2, -0.15) is 5.10 Å². The Morgan fingerprint density at radius 2 is 2.29 bits per heavy atom. The standard InChI is InChI=1S/C9H14N4O2S2/c1-2-17(14,15)6-5-11-9-7(8(10)16)3-4-12-13-9/h3-4H,2,5-6H2,1H3,(H2,10,16)(H,11,13). The number of aromatic nitrogens is 2. The molecule has 17 heavy (non-hydrogen) atoms. The number of sulfone groups is 1. The molecule has 6 nitrogen and oxygen atoms in total. The molecule has 0 saturated heterocycles. The zero-order valence-electron chi connectivity index (χ0n) is 9.38. The van der Waals surface area contributed by atoms with Gasteiger partial charge in [-0.25, -0.2) is 8.42 Å². The van der Waals surface area contributed by atoms with Gasteiger partial charge in [0.25, 0.3) is 0 Å². The minimum Gasteiger partial charge on any atom is -0.389 e. The minimum absolute atomic E-state index is 0.0385. The number of thiocarbonyl (C=S) groups is 1. The molecule has 0 atom stereocenters. The van der Waals surface area contributed by atoms with Gasteiger partial charge in [-0.1, -0.05) is 19.1 Å². The highest BCUT2D eigenvalue weighted by molar-refractivity contribution is 7.91. The molecule has 0 aliphatic carbocycles. The summed E-state index contributed by atoms with van der Waals surface area (Å²) in [6, 6.07) is 1.63. The smallest absolute Gasteiger partial charge is 0.158 e. The van der Waals surface area contributed by atoms with E-state index in [9.17, 15) is 8.42 Å². The number of rotatable bonds is 6. The van der Waals surface area contributed by atoms with Crippen LogP contribution in [0.5, 0.6) is 0 Å². The topological polar surface area (TPSA) is 98.0 Å². The van der Waals surface area contributed by atoms with Crippen LogP contribution >= 0.6 is 12.2 Å². The molecule has 8 heteroatoms. The highest BCUT2D eigenvalue weighted by Crippen LogP contribution is 2.09. The summed E-state index contributed by atoms with van der Waals surface area (Å²) < 4.78 is 22.6. The fraction of sp³-hybridized carbons (Fsp3) is 0.444. The van der Waals surface area contributed by atoms with E-state index < -0.39 is 9.84 Å². The van der Waals surface area contributed by atoms with Crippen LogP contribution in [-0.2, 0) is 9.84 Å². The van der Waals surface area contributed by atoms with E-state index in [0.717, 1.165) is 0 Å². The van der Waals surface area contributed by atoms with Crippen molar-refractivity contribution in [1.82, 2.24) is 10.2 Å². The number of hydrogen-bond acceptors (Lipinski definition) is 6. The van der Waals surface area contributed by atoms with Crippen LogP contribution in [0.15, 0.2) is 12.3 Å². The quantitative estimate of drug-likeness (QED) is 0.702. The summed E-state index contributed by atoms with van der Waals surface area (Å²) in [6.45, 7) is 1.86. The lowest BCUT2D eigenvalue weighted by molar-refractivity contribution is 0.597. The van der Waals surface area contributed by atoms with Crippen LogP contribution in [0.3, 0.4) is 0 Å². The number of nitrogens with zero attached hydrogens (tertiary/aromatic N) is 2. The van der Waals surface area contributed by atoms with Crippen LogP contribution in [0.4, 0.5) is 5.82 Å². The Morgan fingerprint density at radius 3 is 2.88 bits per heavy atom. The van der Waals surface area contributed by atoms with Crippen molar-refractivity contribution in [3.8, 4) is 0 Å². The van der Waals surface area contributed by atoms with Crippen molar-refractivity contribution in [2.75, 3.05) is 23.4 Å². The van der Waals surface area contributed by atoms with E-state index in [1.54, 1.807) is 13.0 Å². The molecule has 0 aliphatic rings. The summed E-state index contributed by atoms with van der Waals surface area (Å²) in [7, 11) is -3.00. The van der Waals surface area contributed by atoms with E-state index >= 15 is 0 Å². The van der Waals surface area contributed by atoms with Crippen LogP contribution in [0, 0.1) is 0 Å². The van der Waals surface area contributed by atoms with Gasteiger partial charge in [-0.05, 0) is 6.07 Å². The Morgan fingerprint density at radius 1 is 1.59 bits per heavy atom. The lowest BCUT2D eigenvalue weighted by Crippen LogP contribution is -2.20. The molecule has 3 N–H and O–H groups in total. The fourth-order valence-electron chi connectivity index (χ4n) is 1.13. The molecule has 0 radical (unpaired) electrons. The SMILES string of the molecule is CCS(=O)(=O)CCNc1nnccc1C(N)=S. The predicted octanol–water partition coefficient (Wildman–Crippen LogP) is -0.0426. The third-order valence-electron chi connectivity index (χ3n) is 2.13. The van der Waals surface area contributed by atoms with E-state index in [1.165, 1.54) is 6.20 Å². The molecule has 0 amide bonds. The van der Waals surface area contributed by atoms with Crippen molar-refractivity contribution in [2.24, 2.45) is 5.73 Å². The third kappa shape index (κ3) is 4.23. The van der Waals surface area contributed by atoms with E-state index in [2.05, 4.69) is 15.5 Å². The highest BCUT2D eigenvalue weighted by Gasteiger charge is 2.09.